The molecule has 1 heterocycles. The highest BCUT2D eigenvalue weighted by Crippen LogP contribution is 2.26. The SMILES string of the molecule is CN(c1ccnc(C(N)=S)c1)C1CCCCC1O. The number of anilines is 1. The molecule has 0 spiro atoms. The molecular formula is C13H19N3OS. The van der Waals surface area contributed by atoms with Crippen LogP contribution in [0.3, 0.4) is 0 Å². The van der Waals surface area contributed by atoms with Crippen LogP contribution < -0.4 is 10.6 Å². The maximum absolute atomic E-state index is 10.1. The van der Waals surface area contributed by atoms with Gasteiger partial charge in [-0.25, -0.2) is 0 Å². The van der Waals surface area contributed by atoms with Gasteiger partial charge in [-0.1, -0.05) is 25.1 Å². The van der Waals surface area contributed by atoms with E-state index in [0.29, 0.717) is 10.7 Å². The van der Waals surface area contributed by atoms with Gasteiger partial charge in [-0.05, 0) is 25.0 Å². The lowest BCUT2D eigenvalue weighted by atomic mass is 9.91. The summed E-state index contributed by atoms with van der Waals surface area (Å²) >= 11 is 4.94. The molecule has 0 amide bonds. The topological polar surface area (TPSA) is 62.4 Å². The molecule has 2 atom stereocenters. The molecule has 1 aromatic rings. The molecule has 18 heavy (non-hydrogen) atoms. The van der Waals surface area contributed by atoms with Gasteiger partial charge < -0.3 is 15.7 Å². The molecule has 1 aromatic heterocycles. The Morgan fingerprint density at radius 2 is 2.22 bits per heavy atom. The summed E-state index contributed by atoms with van der Waals surface area (Å²) in [7, 11) is 2.00. The highest BCUT2D eigenvalue weighted by molar-refractivity contribution is 7.80. The van der Waals surface area contributed by atoms with Crippen molar-refractivity contribution >= 4 is 22.9 Å². The van der Waals surface area contributed by atoms with Crippen molar-refractivity contribution in [3.05, 3.63) is 24.0 Å². The molecule has 5 heteroatoms. The highest BCUT2D eigenvalue weighted by Gasteiger charge is 2.26. The predicted octanol–water partition coefficient (Wildman–Crippen LogP) is 1.46. The van der Waals surface area contributed by atoms with Crippen LogP contribution in [0.4, 0.5) is 5.69 Å². The second-order valence-corrected chi connectivity index (χ2v) is 5.23. The van der Waals surface area contributed by atoms with Gasteiger partial charge in [-0.2, -0.15) is 0 Å². The van der Waals surface area contributed by atoms with Gasteiger partial charge in [0.2, 0.25) is 0 Å². The molecule has 2 rings (SSSR count). The Balaban J connectivity index is 2.19. The molecular weight excluding hydrogens is 246 g/mol. The van der Waals surface area contributed by atoms with E-state index in [9.17, 15) is 5.11 Å². The Labute approximate surface area is 113 Å². The van der Waals surface area contributed by atoms with Gasteiger partial charge in [0.1, 0.15) is 4.99 Å². The maximum atomic E-state index is 10.1. The van der Waals surface area contributed by atoms with Crippen LogP contribution in [0.5, 0.6) is 0 Å². The Bertz CT molecular complexity index is 438. The number of aliphatic hydroxyl groups excluding tert-OH is 1. The zero-order chi connectivity index (χ0) is 13.1. The number of pyridine rings is 1. The number of aliphatic hydroxyl groups is 1. The molecule has 2 unspecified atom stereocenters. The molecule has 1 aliphatic carbocycles. The molecule has 0 bridgehead atoms. The average molecular weight is 265 g/mol. The van der Waals surface area contributed by atoms with Crippen LogP contribution in [0.2, 0.25) is 0 Å². The molecule has 4 nitrogen and oxygen atoms in total. The maximum Gasteiger partial charge on any atom is 0.122 e. The number of hydrogen-bond acceptors (Lipinski definition) is 4. The third-order valence-electron chi connectivity index (χ3n) is 3.59. The van der Waals surface area contributed by atoms with E-state index < -0.39 is 0 Å². The van der Waals surface area contributed by atoms with Crippen LogP contribution >= 0.6 is 12.2 Å². The highest BCUT2D eigenvalue weighted by atomic mass is 32.1. The Morgan fingerprint density at radius 1 is 1.50 bits per heavy atom. The molecule has 0 aliphatic heterocycles. The number of likely N-dealkylation sites (N-methyl/N-ethyl adjacent to an activating group) is 1. The first-order valence-corrected chi connectivity index (χ1v) is 6.67. The predicted molar refractivity (Wildman–Crippen MR) is 76.8 cm³/mol. The minimum Gasteiger partial charge on any atom is -0.391 e. The van der Waals surface area contributed by atoms with Gasteiger partial charge in [0, 0.05) is 18.9 Å². The second-order valence-electron chi connectivity index (χ2n) is 4.79. The summed E-state index contributed by atoms with van der Waals surface area (Å²) in [5, 5.41) is 10.1. The lowest BCUT2D eigenvalue weighted by Gasteiger charge is -2.36. The standard InChI is InChI=1S/C13H19N3OS/c1-16(11-4-2-3-5-12(11)17)9-6-7-15-10(8-9)13(14)18/h6-8,11-12,17H,2-5H2,1H3,(H2,14,18). The largest absolute Gasteiger partial charge is 0.391 e. The van der Waals surface area contributed by atoms with E-state index in [-0.39, 0.29) is 12.1 Å². The number of nitrogens with two attached hydrogens (primary N) is 1. The smallest absolute Gasteiger partial charge is 0.122 e. The second kappa shape index (κ2) is 5.63. The third-order valence-corrected chi connectivity index (χ3v) is 3.80. The normalized spacial score (nSPS) is 23.7. The van der Waals surface area contributed by atoms with Crippen molar-refractivity contribution in [3.63, 3.8) is 0 Å². The summed E-state index contributed by atoms with van der Waals surface area (Å²) < 4.78 is 0. The van der Waals surface area contributed by atoms with Gasteiger partial charge in [-0.3, -0.25) is 4.98 Å². The van der Waals surface area contributed by atoms with Crippen molar-refractivity contribution in [2.24, 2.45) is 5.73 Å². The zero-order valence-corrected chi connectivity index (χ0v) is 11.4. The van der Waals surface area contributed by atoms with E-state index in [1.807, 2.05) is 19.2 Å². The third kappa shape index (κ3) is 2.79. The number of hydrogen-bond donors (Lipinski definition) is 2. The summed E-state index contributed by atoms with van der Waals surface area (Å²) in [4.78, 5) is 6.53. The van der Waals surface area contributed by atoms with E-state index in [1.54, 1.807) is 6.20 Å². The number of rotatable bonds is 3. The van der Waals surface area contributed by atoms with Crippen LogP contribution in [0.1, 0.15) is 31.4 Å². The zero-order valence-electron chi connectivity index (χ0n) is 10.5. The molecule has 0 radical (unpaired) electrons. The summed E-state index contributed by atoms with van der Waals surface area (Å²) in [6.45, 7) is 0. The van der Waals surface area contributed by atoms with Gasteiger partial charge in [0.05, 0.1) is 17.8 Å². The lowest BCUT2D eigenvalue weighted by molar-refractivity contribution is 0.106. The number of aromatic nitrogens is 1. The molecule has 98 valence electrons. The fourth-order valence-corrected chi connectivity index (χ4v) is 2.62. The molecule has 1 saturated carbocycles. The van der Waals surface area contributed by atoms with Crippen LogP contribution in [-0.4, -0.2) is 34.3 Å². The van der Waals surface area contributed by atoms with Crippen LogP contribution in [0.15, 0.2) is 18.3 Å². The molecule has 1 fully saturated rings. The molecule has 1 aliphatic rings. The van der Waals surface area contributed by atoms with Crippen molar-refractivity contribution in [1.29, 1.82) is 0 Å². The van der Waals surface area contributed by atoms with Crippen molar-refractivity contribution in [2.75, 3.05) is 11.9 Å². The average Bonchev–Trinajstić information content (AvgIpc) is 2.38. The first-order chi connectivity index (χ1) is 8.59. The number of nitrogens with zero attached hydrogens (tertiary/aromatic N) is 2. The molecule has 0 saturated heterocycles. The van der Waals surface area contributed by atoms with Crippen molar-refractivity contribution in [1.82, 2.24) is 4.98 Å². The lowest BCUT2D eigenvalue weighted by Crippen LogP contribution is -2.43. The van der Waals surface area contributed by atoms with E-state index >= 15 is 0 Å². The fraction of sp³-hybridized carbons (Fsp3) is 0.538. The van der Waals surface area contributed by atoms with Crippen molar-refractivity contribution in [3.8, 4) is 0 Å². The van der Waals surface area contributed by atoms with Gasteiger partial charge >= 0.3 is 0 Å². The van der Waals surface area contributed by atoms with E-state index in [4.69, 9.17) is 18.0 Å². The van der Waals surface area contributed by atoms with Crippen LogP contribution in [0.25, 0.3) is 0 Å². The summed E-state index contributed by atoms with van der Waals surface area (Å²) in [6.07, 6.45) is 5.62. The summed E-state index contributed by atoms with van der Waals surface area (Å²) in [5.74, 6) is 0. The Morgan fingerprint density at radius 3 is 2.89 bits per heavy atom. The first kappa shape index (κ1) is 13.2. The summed E-state index contributed by atoms with van der Waals surface area (Å²) in [6, 6.07) is 3.97. The summed E-state index contributed by atoms with van der Waals surface area (Å²) in [5.41, 5.74) is 7.21. The van der Waals surface area contributed by atoms with Gasteiger partial charge in [0.15, 0.2) is 0 Å². The Hall–Kier alpha value is -1.20. The fourth-order valence-electron chi connectivity index (χ4n) is 2.51. The first-order valence-electron chi connectivity index (χ1n) is 6.26. The van der Waals surface area contributed by atoms with Crippen molar-refractivity contribution < 1.29 is 5.11 Å². The van der Waals surface area contributed by atoms with Crippen LogP contribution in [-0.2, 0) is 0 Å². The van der Waals surface area contributed by atoms with E-state index in [1.165, 1.54) is 6.42 Å². The molecule has 3 N–H and O–H groups in total. The Kier molecular flexibility index (Phi) is 4.14. The minimum absolute atomic E-state index is 0.167. The monoisotopic (exact) mass is 265 g/mol. The van der Waals surface area contributed by atoms with E-state index in [0.717, 1.165) is 24.9 Å². The minimum atomic E-state index is -0.259. The van der Waals surface area contributed by atoms with E-state index in [2.05, 4.69) is 9.88 Å². The molecule has 0 aromatic carbocycles. The number of thiocarbonyl (C=S) groups is 1. The van der Waals surface area contributed by atoms with Gasteiger partial charge in [0.25, 0.3) is 0 Å². The van der Waals surface area contributed by atoms with Gasteiger partial charge in [-0.15, -0.1) is 0 Å². The van der Waals surface area contributed by atoms with Crippen molar-refractivity contribution in [2.45, 2.75) is 37.8 Å². The van der Waals surface area contributed by atoms with Crippen LogP contribution in [0, 0.1) is 0 Å². The quantitative estimate of drug-likeness (QED) is 0.810.